The van der Waals surface area contributed by atoms with Gasteiger partial charge in [0, 0.05) is 12.3 Å². The fourth-order valence-electron chi connectivity index (χ4n) is 1.70. The first-order chi connectivity index (χ1) is 7.75. The summed E-state index contributed by atoms with van der Waals surface area (Å²) in [5.41, 5.74) is 0. The normalized spacial score (nSPS) is 18.3. The molecule has 0 aromatic carbocycles. The van der Waals surface area contributed by atoms with Gasteiger partial charge in [0.15, 0.2) is 5.78 Å². The van der Waals surface area contributed by atoms with Crippen LogP contribution in [-0.2, 0) is 0 Å². The van der Waals surface area contributed by atoms with Crippen molar-refractivity contribution in [1.82, 2.24) is 4.90 Å². The molecule has 0 unspecified atom stereocenters. The van der Waals surface area contributed by atoms with Gasteiger partial charge in [-0.1, -0.05) is 11.6 Å². The number of carbonyl (C=O) groups is 1. The minimum absolute atomic E-state index is 0.198. The van der Waals surface area contributed by atoms with Gasteiger partial charge in [-0.25, -0.2) is 0 Å². The van der Waals surface area contributed by atoms with Gasteiger partial charge in [-0.2, -0.15) is 11.8 Å². The van der Waals surface area contributed by atoms with Crippen molar-refractivity contribution in [2.24, 2.45) is 0 Å². The Bertz CT molecular complexity index is 359. The number of hydrogen-bond donors (Lipinski definition) is 0. The summed E-state index contributed by atoms with van der Waals surface area (Å²) in [6.07, 6.45) is 1.18. The Balaban J connectivity index is 1.90. The molecule has 1 aliphatic heterocycles. The molecule has 0 atom stereocenters. The Kier molecular flexibility index (Phi) is 4.70. The zero-order chi connectivity index (χ0) is 11.4. The molecule has 5 heteroatoms. The Morgan fingerprint density at radius 2 is 2.25 bits per heavy atom. The van der Waals surface area contributed by atoms with Gasteiger partial charge < -0.3 is 0 Å². The summed E-state index contributed by atoms with van der Waals surface area (Å²) in [4.78, 5) is 15.0. The number of thiophene rings is 1. The Labute approximate surface area is 109 Å². The van der Waals surface area contributed by atoms with Crippen LogP contribution in [0, 0.1) is 0 Å². The Hall–Kier alpha value is -0.0300. The van der Waals surface area contributed by atoms with Crippen molar-refractivity contribution >= 4 is 40.5 Å². The molecule has 2 nitrogen and oxygen atoms in total. The van der Waals surface area contributed by atoms with E-state index in [0.29, 0.717) is 10.9 Å². The van der Waals surface area contributed by atoms with Gasteiger partial charge in [0.25, 0.3) is 0 Å². The minimum Gasteiger partial charge on any atom is -0.295 e. The number of halogens is 1. The van der Waals surface area contributed by atoms with Gasteiger partial charge in [-0.3, -0.25) is 9.69 Å². The van der Waals surface area contributed by atoms with Crippen LogP contribution in [0.5, 0.6) is 0 Å². The van der Waals surface area contributed by atoms with Crippen molar-refractivity contribution in [3.05, 3.63) is 21.3 Å². The maximum atomic E-state index is 11.9. The average molecular weight is 276 g/mol. The molecule has 1 aromatic rings. The molecule has 2 heterocycles. The van der Waals surface area contributed by atoms with Gasteiger partial charge >= 0.3 is 0 Å². The molecule has 88 valence electrons. The summed E-state index contributed by atoms with van der Waals surface area (Å²) in [6, 6.07) is 3.61. The zero-order valence-electron chi connectivity index (χ0n) is 8.95. The van der Waals surface area contributed by atoms with Gasteiger partial charge in [0.2, 0.25) is 0 Å². The van der Waals surface area contributed by atoms with Crippen molar-refractivity contribution in [1.29, 1.82) is 0 Å². The topological polar surface area (TPSA) is 20.3 Å². The van der Waals surface area contributed by atoms with Crippen molar-refractivity contribution in [3.8, 4) is 0 Å². The number of Topliss-reactive ketones (excluding diaryl/α,β-unsaturated/α-hetero) is 1. The van der Waals surface area contributed by atoms with Crippen LogP contribution in [0.15, 0.2) is 12.1 Å². The molecule has 2 rings (SSSR count). The number of rotatable bonds is 3. The van der Waals surface area contributed by atoms with E-state index in [1.54, 1.807) is 6.07 Å². The van der Waals surface area contributed by atoms with E-state index in [0.717, 1.165) is 23.7 Å². The molecule has 1 aromatic heterocycles. The molecular formula is C11H14ClNOS2. The van der Waals surface area contributed by atoms with E-state index in [1.807, 2.05) is 17.8 Å². The van der Waals surface area contributed by atoms with E-state index < -0.39 is 0 Å². The van der Waals surface area contributed by atoms with Crippen LogP contribution in [-0.4, -0.2) is 41.8 Å². The maximum absolute atomic E-state index is 11.9. The fourth-order valence-corrected chi connectivity index (χ4v) is 3.60. The second-order valence-electron chi connectivity index (χ2n) is 3.77. The standard InChI is InChI=1S/C11H14ClNOS2/c12-11-3-2-10(16-11)9(14)8-13-4-1-6-15-7-5-13/h2-3H,1,4-8H2. The first-order valence-electron chi connectivity index (χ1n) is 5.34. The Morgan fingerprint density at radius 3 is 3.00 bits per heavy atom. The summed E-state index contributed by atoms with van der Waals surface area (Å²) in [6.45, 7) is 2.60. The highest BCUT2D eigenvalue weighted by Crippen LogP contribution is 2.22. The number of ketones is 1. The molecule has 1 saturated heterocycles. The van der Waals surface area contributed by atoms with Gasteiger partial charge in [-0.15, -0.1) is 11.3 Å². The number of nitrogens with zero attached hydrogens (tertiary/aromatic N) is 1. The zero-order valence-corrected chi connectivity index (χ0v) is 11.3. The number of carbonyl (C=O) groups excluding carboxylic acids is 1. The van der Waals surface area contributed by atoms with Crippen molar-refractivity contribution in [3.63, 3.8) is 0 Å². The molecule has 1 fully saturated rings. The highest BCUT2D eigenvalue weighted by Gasteiger charge is 2.15. The van der Waals surface area contributed by atoms with Crippen LogP contribution in [0.1, 0.15) is 16.1 Å². The van der Waals surface area contributed by atoms with Crippen molar-refractivity contribution < 1.29 is 4.79 Å². The molecule has 1 aliphatic rings. The van der Waals surface area contributed by atoms with E-state index in [2.05, 4.69) is 4.90 Å². The van der Waals surface area contributed by atoms with E-state index in [-0.39, 0.29) is 5.78 Å². The van der Waals surface area contributed by atoms with Crippen LogP contribution in [0.3, 0.4) is 0 Å². The highest BCUT2D eigenvalue weighted by atomic mass is 35.5. The molecule has 16 heavy (non-hydrogen) atoms. The molecule has 0 saturated carbocycles. The SMILES string of the molecule is O=C(CN1CCCSCC1)c1ccc(Cl)s1. The van der Waals surface area contributed by atoms with Gasteiger partial charge in [0.05, 0.1) is 15.8 Å². The number of hydrogen-bond acceptors (Lipinski definition) is 4. The van der Waals surface area contributed by atoms with E-state index in [9.17, 15) is 4.79 Å². The molecule has 0 bridgehead atoms. The third-order valence-corrected chi connectivity index (χ3v) is 4.85. The second kappa shape index (κ2) is 6.05. The van der Waals surface area contributed by atoms with Crippen LogP contribution in [0.2, 0.25) is 4.34 Å². The summed E-state index contributed by atoms with van der Waals surface area (Å²) in [7, 11) is 0. The third kappa shape index (κ3) is 3.48. The van der Waals surface area contributed by atoms with Crippen LogP contribution in [0.4, 0.5) is 0 Å². The predicted molar refractivity (Wildman–Crippen MR) is 72.0 cm³/mol. The van der Waals surface area contributed by atoms with Crippen LogP contribution in [0.25, 0.3) is 0 Å². The van der Waals surface area contributed by atoms with Crippen molar-refractivity contribution in [2.45, 2.75) is 6.42 Å². The van der Waals surface area contributed by atoms with E-state index >= 15 is 0 Å². The lowest BCUT2D eigenvalue weighted by atomic mass is 10.3. The molecule has 0 radical (unpaired) electrons. The Morgan fingerprint density at radius 1 is 1.38 bits per heavy atom. The van der Waals surface area contributed by atoms with Crippen LogP contribution >= 0.6 is 34.7 Å². The summed E-state index contributed by atoms with van der Waals surface area (Å²) < 4.78 is 0.690. The lowest BCUT2D eigenvalue weighted by Crippen LogP contribution is -2.31. The fraction of sp³-hybridized carbons (Fsp3) is 0.545. The maximum Gasteiger partial charge on any atom is 0.186 e. The largest absolute Gasteiger partial charge is 0.295 e. The van der Waals surface area contributed by atoms with Gasteiger partial charge in [0.1, 0.15) is 0 Å². The monoisotopic (exact) mass is 275 g/mol. The summed E-state index contributed by atoms with van der Waals surface area (Å²) in [5.74, 6) is 2.55. The third-order valence-electron chi connectivity index (χ3n) is 2.53. The lowest BCUT2D eigenvalue weighted by Gasteiger charge is -2.17. The van der Waals surface area contributed by atoms with Gasteiger partial charge in [-0.05, 0) is 30.9 Å². The highest BCUT2D eigenvalue weighted by molar-refractivity contribution is 7.99. The predicted octanol–water partition coefficient (Wildman–Crippen LogP) is 3.02. The van der Waals surface area contributed by atoms with Crippen LogP contribution < -0.4 is 0 Å². The minimum atomic E-state index is 0.198. The first kappa shape index (κ1) is 12.4. The summed E-state index contributed by atoms with van der Waals surface area (Å²) >= 11 is 9.17. The number of thioether (sulfide) groups is 1. The molecule has 0 amide bonds. The average Bonchev–Trinajstić information content (AvgIpc) is 2.54. The smallest absolute Gasteiger partial charge is 0.186 e. The van der Waals surface area contributed by atoms with E-state index in [1.165, 1.54) is 23.5 Å². The van der Waals surface area contributed by atoms with E-state index in [4.69, 9.17) is 11.6 Å². The lowest BCUT2D eigenvalue weighted by molar-refractivity contribution is 0.0940. The first-order valence-corrected chi connectivity index (χ1v) is 7.69. The molecule has 0 aliphatic carbocycles. The van der Waals surface area contributed by atoms with Crippen molar-refractivity contribution in [2.75, 3.05) is 31.1 Å². The second-order valence-corrected chi connectivity index (χ2v) is 6.71. The molecule has 0 spiro atoms. The summed E-state index contributed by atoms with van der Waals surface area (Å²) in [5, 5.41) is 0. The quantitative estimate of drug-likeness (QED) is 0.791. The molecular weight excluding hydrogens is 262 g/mol. The molecule has 0 N–H and O–H groups in total.